The molecule has 0 bridgehead atoms. The van der Waals surface area contributed by atoms with Crippen molar-refractivity contribution in [1.29, 1.82) is 0 Å². The van der Waals surface area contributed by atoms with Crippen LogP contribution in [0.25, 0.3) is 31.2 Å². The van der Waals surface area contributed by atoms with E-state index < -0.39 is 5.97 Å². The molecule has 0 aliphatic heterocycles. The molecular formula is C18H11ClO3S2Y. The SMILES string of the molecule is O=C(O)Cc1oc(-c2cc3ccccc3s2)cc1-c1ccc(Cl)s1.[Y]. The van der Waals surface area contributed by atoms with Gasteiger partial charge in [0.05, 0.1) is 9.21 Å². The van der Waals surface area contributed by atoms with Crippen LogP contribution < -0.4 is 0 Å². The summed E-state index contributed by atoms with van der Waals surface area (Å²) in [5, 5.41) is 10.3. The topological polar surface area (TPSA) is 50.4 Å². The van der Waals surface area contributed by atoms with Gasteiger partial charge in [-0.05, 0) is 35.7 Å². The van der Waals surface area contributed by atoms with Crippen molar-refractivity contribution in [1.82, 2.24) is 0 Å². The van der Waals surface area contributed by atoms with Crippen molar-refractivity contribution in [2.24, 2.45) is 0 Å². The molecule has 0 amide bonds. The molecule has 0 fully saturated rings. The van der Waals surface area contributed by atoms with Gasteiger partial charge in [0.15, 0.2) is 0 Å². The first-order valence-corrected chi connectivity index (χ1v) is 9.20. The third-order valence-electron chi connectivity index (χ3n) is 3.63. The molecule has 1 aromatic carbocycles. The molecule has 4 rings (SSSR count). The van der Waals surface area contributed by atoms with E-state index in [2.05, 4.69) is 18.2 Å². The van der Waals surface area contributed by atoms with Crippen LogP contribution in [0.1, 0.15) is 5.76 Å². The van der Waals surface area contributed by atoms with Crippen LogP contribution in [0.3, 0.4) is 0 Å². The summed E-state index contributed by atoms with van der Waals surface area (Å²) in [5.41, 5.74) is 0.793. The van der Waals surface area contributed by atoms with Gasteiger partial charge >= 0.3 is 5.97 Å². The first kappa shape index (κ1) is 18.8. The molecule has 3 nitrogen and oxygen atoms in total. The second-order valence-corrected chi connectivity index (χ2v) is 8.07. The molecule has 7 heteroatoms. The third-order valence-corrected chi connectivity index (χ3v) is 6.02. The summed E-state index contributed by atoms with van der Waals surface area (Å²) in [6.07, 6.45) is -0.157. The standard InChI is InChI=1S/C18H11ClO3S2.Y/c19-17-6-5-15(24-17)11-8-13(22-12(11)9-18(20)21)16-7-10-3-1-2-4-14(10)23-16;/h1-8H,9H2,(H,20,21);. The second kappa shape index (κ2) is 7.72. The van der Waals surface area contributed by atoms with Crippen LogP contribution in [0.5, 0.6) is 0 Å². The van der Waals surface area contributed by atoms with E-state index in [9.17, 15) is 4.79 Å². The summed E-state index contributed by atoms with van der Waals surface area (Å²) in [5.74, 6) is 0.219. The van der Waals surface area contributed by atoms with Gasteiger partial charge in [0.25, 0.3) is 0 Å². The van der Waals surface area contributed by atoms with E-state index in [4.69, 9.17) is 21.1 Å². The molecular weight excluding hydrogens is 453 g/mol. The first-order chi connectivity index (χ1) is 11.6. The van der Waals surface area contributed by atoms with Gasteiger partial charge in [-0.2, -0.15) is 0 Å². The molecule has 0 saturated heterocycles. The molecule has 0 unspecified atom stereocenters. The molecule has 0 spiro atoms. The number of aliphatic carboxylic acids is 1. The largest absolute Gasteiger partial charge is 0.481 e. The normalized spacial score (nSPS) is 10.8. The van der Waals surface area contributed by atoms with Gasteiger partial charge < -0.3 is 9.52 Å². The van der Waals surface area contributed by atoms with E-state index in [1.165, 1.54) is 16.0 Å². The first-order valence-electron chi connectivity index (χ1n) is 7.19. The minimum absolute atomic E-state index is 0. The maximum Gasteiger partial charge on any atom is 0.311 e. The maximum absolute atomic E-state index is 11.2. The number of hydrogen-bond donors (Lipinski definition) is 1. The van der Waals surface area contributed by atoms with Crippen LogP contribution >= 0.6 is 34.3 Å². The Morgan fingerprint density at radius 3 is 2.56 bits per heavy atom. The molecule has 0 aliphatic carbocycles. The molecule has 123 valence electrons. The Balaban J connectivity index is 0.00000182. The summed E-state index contributed by atoms with van der Waals surface area (Å²) in [4.78, 5) is 13.1. The minimum Gasteiger partial charge on any atom is -0.481 e. The number of fused-ring (bicyclic) bond motifs is 1. The predicted molar refractivity (Wildman–Crippen MR) is 99.2 cm³/mol. The van der Waals surface area contributed by atoms with Crippen LogP contribution in [0, 0.1) is 0 Å². The van der Waals surface area contributed by atoms with Crippen LogP contribution in [0.4, 0.5) is 0 Å². The van der Waals surface area contributed by atoms with Crippen molar-refractivity contribution in [2.45, 2.75) is 6.42 Å². The number of hydrogen-bond acceptors (Lipinski definition) is 4. The fraction of sp³-hybridized carbons (Fsp3) is 0.0556. The summed E-state index contributed by atoms with van der Waals surface area (Å²) < 4.78 is 7.73. The average Bonchev–Trinajstić information content (AvgIpc) is 3.23. The Hall–Kier alpha value is -0.976. The zero-order valence-corrected chi connectivity index (χ0v) is 18.1. The van der Waals surface area contributed by atoms with Crippen molar-refractivity contribution in [3.8, 4) is 21.1 Å². The summed E-state index contributed by atoms with van der Waals surface area (Å²) in [6, 6.07) is 15.8. The molecule has 0 saturated carbocycles. The second-order valence-electron chi connectivity index (χ2n) is 5.27. The number of thiophene rings is 2. The number of furan rings is 1. The maximum atomic E-state index is 11.2. The Morgan fingerprint density at radius 1 is 1.08 bits per heavy atom. The van der Waals surface area contributed by atoms with E-state index in [1.54, 1.807) is 17.4 Å². The van der Waals surface area contributed by atoms with Gasteiger partial charge in [0, 0.05) is 47.8 Å². The Labute approximate surface area is 182 Å². The monoisotopic (exact) mass is 463 g/mol. The van der Waals surface area contributed by atoms with Gasteiger partial charge in [-0.3, -0.25) is 4.79 Å². The van der Waals surface area contributed by atoms with Crippen molar-refractivity contribution < 1.29 is 47.0 Å². The van der Waals surface area contributed by atoms with Gasteiger partial charge in [-0.15, -0.1) is 22.7 Å². The van der Waals surface area contributed by atoms with Crippen molar-refractivity contribution in [3.05, 3.63) is 58.6 Å². The Bertz CT molecular complexity index is 1010. The van der Waals surface area contributed by atoms with E-state index >= 15 is 0 Å². The predicted octanol–water partition coefficient (Wildman–Crippen LogP) is 6.17. The van der Waals surface area contributed by atoms with Crippen LogP contribution in [0.15, 0.2) is 52.9 Å². The number of rotatable bonds is 4. The van der Waals surface area contributed by atoms with Gasteiger partial charge in [0.1, 0.15) is 17.9 Å². The smallest absolute Gasteiger partial charge is 0.311 e. The third kappa shape index (κ3) is 3.91. The van der Waals surface area contributed by atoms with Crippen LogP contribution in [-0.4, -0.2) is 11.1 Å². The molecule has 1 radical (unpaired) electrons. The zero-order chi connectivity index (χ0) is 16.7. The molecule has 4 aromatic rings. The molecule has 0 atom stereocenters. The number of halogens is 1. The van der Waals surface area contributed by atoms with E-state index in [1.807, 2.05) is 24.3 Å². The van der Waals surface area contributed by atoms with E-state index in [0.29, 0.717) is 15.9 Å². The van der Waals surface area contributed by atoms with Crippen molar-refractivity contribution >= 4 is 50.3 Å². The fourth-order valence-electron chi connectivity index (χ4n) is 2.59. The number of carbonyl (C=O) groups is 1. The van der Waals surface area contributed by atoms with Crippen LogP contribution in [-0.2, 0) is 43.9 Å². The molecule has 25 heavy (non-hydrogen) atoms. The summed E-state index contributed by atoms with van der Waals surface area (Å²) in [6.45, 7) is 0. The number of benzene rings is 1. The van der Waals surface area contributed by atoms with Gasteiger partial charge in [0.2, 0.25) is 0 Å². The van der Waals surface area contributed by atoms with Crippen molar-refractivity contribution in [3.63, 3.8) is 0 Å². The minimum atomic E-state index is -0.920. The van der Waals surface area contributed by atoms with Crippen LogP contribution in [0.2, 0.25) is 4.34 Å². The number of carboxylic acids is 1. The quantitative estimate of drug-likeness (QED) is 0.394. The zero-order valence-electron chi connectivity index (χ0n) is 12.9. The van der Waals surface area contributed by atoms with E-state index in [-0.39, 0.29) is 39.1 Å². The summed E-state index contributed by atoms with van der Waals surface area (Å²) >= 11 is 9.06. The number of carboxylic acid groups (broad SMARTS) is 1. The van der Waals surface area contributed by atoms with E-state index in [0.717, 1.165) is 20.7 Å². The van der Waals surface area contributed by atoms with Gasteiger partial charge in [-0.25, -0.2) is 0 Å². The Morgan fingerprint density at radius 2 is 1.88 bits per heavy atom. The summed E-state index contributed by atoms with van der Waals surface area (Å²) in [7, 11) is 0. The average molecular weight is 464 g/mol. The fourth-order valence-corrected chi connectivity index (χ4v) is 4.68. The Kier molecular flexibility index (Phi) is 5.81. The molecule has 1 N–H and O–H groups in total. The van der Waals surface area contributed by atoms with Gasteiger partial charge in [-0.1, -0.05) is 29.8 Å². The molecule has 0 aliphatic rings. The van der Waals surface area contributed by atoms with Crippen molar-refractivity contribution in [2.75, 3.05) is 0 Å². The molecule has 3 aromatic heterocycles. The molecule has 3 heterocycles.